The van der Waals surface area contributed by atoms with Gasteiger partial charge >= 0.3 is 18.2 Å². The van der Waals surface area contributed by atoms with Crippen LogP contribution < -0.4 is 16.0 Å². The predicted octanol–water partition coefficient (Wildman–Crippen LogP) is 10.3. The van der Waals surface area contributed by atoms with Gasteiger partial charge in [0.05, 0.1) is 31.6 Å². The van der Waals surface area contributed by atoms with Crippen LogP contribution in [0.1, 0.15) is 56.5 Å². The molecule has 2 atom stereocenters. The first kappa shape index (κ1) is 57.1. The fourth-order valence-corrected chi connectivity index (χ4v) is 9.58. The SMILES string of the molecule is CC(C)(C)C(c1cc(-c2cc(F)ccc2F)cn1Cc1ccccc1)N(CCCNC(=O)OCC[Si](C)(C)C)C(=O)CSCCC(=O)NC(CNC(=O)OCc1ccccc1)C(=O)OCC[Si](C)(C)C. The monoisotopic (exact) mass is 1020 g/mol. The molecule has 4 amide bonds. The van der Waals surface area contributed by atoms with Crippen LogP contribution in [-0.2, 0) is 41.7 Å². The molecule has 0 spiro atoms. The van der Waals surface area contributed by atoms with Gasteiger partial charge in [0, 0.05) is 71.0 Å². The minimum atomic E-state index is -1.54. The van der Waals surface area contributed by atoms with E-state index in [0.29, 0.717) is 30.8 Å². The number of carbonyl (C=O) groups excluding carboxylic acids is 5. The van der Waals surface area contributed by atoms with E-state index in [2.05, 4.69) is 55.2 Å². The maximum absolute atomic E-state index is 15.4. The molecular formula is C52H73F2N5O8SSi2. The molecule has 4 rings (SSSR count). The number of nitrogens with one attached hydrogen (secondary N) is 3. The molecule has 0 aliphatic heterocycles. The molecule has 70 heavy (non-hydrogen) atoms. The van der Waals surface area contributed by atoms with E-state index in [1.807, 2.05) is 92.1 Å². The number of hydrogen-bond acceptors (Lipinski definition) is 9. The number of halogens is 2. The second-order valence-corrected chi connectivity index (χ2v) is 33.2. The molecular weight excluding hydrogens is 949 g/mol. The van der Waals surface area contributed by atoms with Gasteiger partial charge in [-0.05, 0) is 59.3 Å². The second kappa shape index (κ2) is 27.2. The van der Waals surface area contributed by atoms with Crippen molar-refractivity contribution in [1.82, 2.24) is 25.4 Å². The van der Waals surface area contributed by atoms with Crippen molar-refractivity contribution in [3.63, 3.8) is 0 Å². The van der Waals surface area contributed by atoms with E-state index in [0.717, 1.165) is 41.4 Å². The molecule has 1 heterocycles. The van der Waals surface area contributed by atoms with Crippen LogP contribution in [0.4, 0.5) is 18.4 Å². The van der Waals surface area contributed by atoms with E-state index >= 15 is 4.39 Å². The number of nitrogens with zero attached hydrogens (tertiary/aromatic N) is 2. The summed E-state index contributed by atoms with van der Waals surface area (Å²) >= 11 is 1.25. The van der Waals surface area contributed by atoms with Crippen molar-refractivity contribution in [2.45, 2.75) is 110 Å². The van der Waals surface area contributed by atoms with E-state index in [1.54, 1.807) is 11.1 Å². The average Bonchev–Trinajstić information content (AvgIpc) is 3.68. The summed E-state index contributed by atoms with van der Waals surface area (Å²) in [5.74, 6) is -2.38. The largest absolute Gasteiger partial charge is 0.464 e. The summed E-state index contributed by atoms with van der Waals surface area (Å²) in [5.41, 5.74) is 2.38. The number of ether oxygens (including phenoxy) is 3. The molecule has 382 valence electrons. The first-order chi connectivity index (χ1) is 33.0. The van der Waals surface area contributed by atoms with Gasteiger partial charge in [-0.3, -0.25) is 9.59 Å². The Morgan fingerprint density at radius 1 is 0.771 bits per heavy atom. The lowest BCUT2D eigenvalue weighted by Crippen LogP contribution is -2.49. The Labute approximate surface area is 419 Å². The molecule has 18 heteroatoms. The number of aromatic nitrogens is 1. The van der Waals surface area contributed by atoms with Gasteiger partial charge in [0.1, 0.15) is 24.3 Å². The standard InChI is InChI=1S/C52H73F2N5O8SSi2/c1-52(2,3)48(45-31-40(42-32-41(53)21-22-43(42)54)35-58(45)34-38-17-12-10-13-18-38)59(25-16-24-55-50(63)66-27-30-70(7,8)9)47(61)37-68-28-23-46(60)57-44(49(62)65-26-29-69(4,5)6)33-56-51(64)67-36-39-19-14-11-15-20-39/h10-15,17-22,31-32,35,44,48H,16,23-30,33-34,36-37H2,1-9H3,(H,55,63)(H,56,64)(H,57,60). The molecule has 0 fully saturated rings. The summed E-state index contributed by atoms with van der Waals surface area (Å²) in [4.78, 5) is 68.3. The van der Waals surface area contributed by atoms with E-state index < -0.39 is 69.3 Å². The third-order valence-electron chi connectivity index (χ3n) is 11.1. The van der Waals surface area contributed by atoms with Gasteiger partial charge in [-0.1, -0.05) is 121 Å². The lowest BCUT2D eigenvalue weighted by atomic mass is 9.83. The van der Waals surface area contributed by atoms with Crippen LogP contribution in [0.5, 0.6) is 0 Å². The zero-order valence-corrected chi connectivity index (χ0v) is 45.1. The van der Waals surface area contributed by atoms with Crippen LogP contribution in [0.15, 0.2) is 91.1 Å². The minimum absolute atomic E-state index is 0.0201. The number of rotatable bonds is 26. The molecule has 0 saturated carbocycles. The van der Waals surface area contributed by atoms with Gasteiger partial charge in [-0.25, -0.2) is 23.2 Å². The molecule has 0 radical (unpaired) electrons. The first-order valence-electron chi connectivity index (χ1n) is 23.9. The minimum Gasteiger partial charge on any atom is -0.464 e. The number of amides is 4. The Balaban J connectivity index is 1.53. The van der Waals surface area contributed by atoms with E-state index in [9.17, 15) is 28.4 Å². The van der Waals surface area contributed by atoms with Gasteiger partial charge in [0.25, 0.3) is 0 Å². The van der Waals surface area contributed by atoms with E-state index in [1.165, 1.54) is 11.8 Å². The summed E-state index contributed by atoms with van der Waals surface area (Å²) in [7, 11) is -2.96. The van der Waals surface area contributed by atoms with E-state index in [-0.39, 0.29) is 62.2 Å². The van der Waals surface area contributed by atoms with Crippen molar-refractivity contribution in [3.8, 4) is 11.1 Å². The molecule has 4 aromatic rings. The fourth-order valence-electron chi connectivity index (χ4n) is 7.34. The zero-order chi connectivity index (χ0) is 51.5. The van der Waals surface area contributed by atoms with Crippen LogP contribution >= 0.6 is 11.8 Å². The molecule has 0 aliphatic carbocycles. The summed E-state index contributed by atoms with van der Waals surface area (Å²) < 4.78 is 48.2. The van der Waals surface area contributed by atoms with Gasteiger partial charge in [-0.15, -0.1) is 0 Å². The summed E-state index contributed by atoms with van der Waals surface area (Å²) in [6, 6.07) is 23.7. The zero-order valence-electron chi connectivity index (χ0n) is 42.3. The number of alkyl carbamates (subject to hydrolysis) is 2. The number of esters is 1. The van der Waals surface area contributed by atoms with Crippen molar-refractivity contribution >= 4 is 57.9 Å². The van der Waals surface area contributed by atoms with Crippen molar-refractivity contribution in [1.29, 1.82) is 0 Å². The van der Waals surface area contributed by atoms with Crippen LogP contribution in [-0.4, -0.2) is 106 Å². The number of hydrogen-bond donors (Lipinski definition) is 3. The van der Waals surface area contributed by atoms with Crippen molar-refractivity contribution < 1.29 is 47.0 Å². The van der Waals surface area contributed by atoms with Gasteiger partial charge in [0.2, 0.25) is 11.8 Å². The highest BCUT2D eigenvalue weighted by Gasteiger charge is 2.37. The molecule has 0 saturated heterocycles. The lowest BCUT2D eigenvalue weighted by molar-refractivity contribution is -0.147. The van der Waals surface area contributed by atoms with Crippen molar-refractivity contribution in [3.05, 3.63) is 120 Å². The quantitative estimate of drug-likeness (QED) is 0.0241. The third kappa shape index (κ3) is 20.5. The molecule has 0 aliphatic rings. The fraction of sp³-hybridized carbons (Fsp3) is 0.481. The molecule has 0 bridgehead atoms. The van der Waals surface area contributed by atoms with Crippen LogP contribution in [0.2, 0.25) is 51.4 Å². The Morgan fingerprint density at radius 2 is 1.39 bits per heavy atom. The van der Waals surface area contributed by atoms with Gasteiger partial charge in [0.15, 0.2) is 0 Å². The smallest absolute Gasteiger partial charge is 0.407 e. The van der Waals surface area contributed by atoms with Crippen LogP contribution in [0.25, 0.3) is 11.1 Å². The molecule has 3 aromatic carbocycles. The topological polar surface area (TPSA) is 157 Å². The van der Waals surface area contributed by atoms with Crippen molar-refractivity contribution in [2.24, 2.45) is 5.41 Å². The lowest BCUT2D eigenvalue weighted by Gasteiger charge is -2.41. The Hall–Kier alpha value is -5.47. The Morgan fingerprint density at radius 3 is 2.01 bits per heavy atom. The Kier molecular flexibility index (Phi) is 22.2. The van der Waals surface area contributed by atoms with Crippen molar-refractivity contribution in [2.75, 3.05) is 44.4 Å². The maximum Gasteiger partial charge on any atom is 0.407 e. The predicted molar refractivity (Wildman–Crippen MR) is 279 cm³/mol. The van der Waals surface area contributed by atoms with Gasteiger partial charge in [-0.2, -0.15) is 11.8 Å². The molecule has 13 nitrogen and oxygen atoms in total. The van der Waals surface area contributed by atoms with Crippen LogP contribution in [0, 0.1) is 17.0 Å². The molecule has 3 N–H and O–H groups in total. The summed E-state index contributed by atoms with van der Waals surface area (Å²) in [6.45, 7) is 20.2. The molecule has 1 aromatic heterocycles. The summed E-state index contributed by atoms with van der Waals surface area (Å²) in [5, 5.41) is 8.08. The molecule has 2 unspecified atom stereocenters. The number of thioether (sulfide) groups is 1. The Bertz CT molecular complexity index is 2320. The van der Waals surface area contributed by atoms with E-state index in [4.69, 9.17) is 14.2 Å². The highest BCUT2D eigenvalue weighted by Crippen LogP contribution is 2.41. The normalized spacial score (nSPS) is 12.6. The number of carbonyl (C=O) groups is 5. The highest BCUT2D eigenvalue weighted by molar-refractivity contribution is 7.99. The average molecular weight is 1020 g/mol. The van der Waals surface area contributed by atoms with Gasteiger partial charge < -0.3 is 39.6 Å². The third-order valence-corrected chi connectivity index (χ3v) is 15.5. The second-order valence-electron chi connectivity index (χ2n) is 20.8. The number of benzene rings is 3. The van der Waals surface area contributed by atoms with Crippen LogP contribution in [0.3, 0.4) is 0 Å². The summed E-state index contributed by atoms with van der Waals surface area (Å²) in [6.07, 6.45) is 0.817. The first-order valence-corrected chi connectivity index (χ1v) is 32.4. The highest BCUT2D eigenvalue weighted by atomic mass is 32.2. The maximum atomic E-state index is 15.4.